The zero-order valence-electron chi connectivity index (χ0n) is 12.6. The first-order valence-corrected chi connectivity index (χ1v) is 6.90. The molecule has 0 bridgehead atoms. The summed E-state index contributed by atoms with van der Waals surface area (Å²) in [5.41, 5.74) is 5.15. The number of ether oxygens (including phenoxy) is 1. The summed E-state index contributed by atoms with van der Waals surface area (Å²) in [5.74, 6) is 0.890. The molecule has 0 unspecified atom stereocenters. The molecule has 0 aliphatic heterocycles. The van der Waals surface area contributed by atoms with Crippen molar-refractivity contribution in [2.75, 3.05) is 0 Å². The Morgan fingerprint density at radius 2 is 1.85 bits per heavy atom. The van der Waals surface area contributed by atoms with Crippen molar-refractivity contribution in [3.63, 3.8) is 0 Å². The average molecular weight is 274 g/mol. The van der Waals surface area contributed by atoms with E-state index in [-0.39, 0.29) is 6.61 Å². The van der Waals surface area contributed by atoms with Gasteiger partial charge in [0.25, 0.3) is 0 Å². The number of hydrogen-bond donors (Lipinski definition) is 1. The van der Waals surface area contributed by atoms with Gasteiger partial charge in [0.15, 0.2) is 0 Å². The van der Waals surface area contributed by atoms with E-state index in [4.69, 9.17) is 4.74 Å². The molecule has 0 saturated heterocycles. The van der Waals surface area contributed by atoms with E-state index in [9.17, 15) is 5.11 Å². The van der Waals surface area contributed by atoms with Crippen LogP contribution in [0.4, 0.5) is 0 Å². The molecule has 4 nitrogen and oxygen atoms in total. The van der Waals surface area contributed by atoms with E-state index in [1.54, 1.807) is 0 Å². The minimum atomic E-state index is 0.0591. The van der Waals surface area contributed by atoms with Gasteiger partial charge < -0.3 is 9.84 Å². The Morgan fingerprint density at radius 1 is 1.20 bits per heavy atom. The molecule has 0 aliphatic carbocycles. The van der Waals surface area contributed by atoms with E-state index < -0.39 is 0 Å². The lowest BCUT2D eigenvalue weighted by atomic mass is 10.1. The number of aliphatic hydroxyl groups is 1. The van der Waals surface area contributed by atoms with Gasteiger partial charge in [0.2, 0.25) is 0 Å². The predicted octanol–water partition coefficient (Wildman–Crippen LogP) is 2.67. The summed E-state index contributed by atoms with van der Waals surface area (Å²) in [5, 5.41) is 13.6. The Morgan fingerprint density at radius 3 is 2.35 bits per heavy atom. The van der Waals surface area contributed by atoms with Gasteiger partial charge in [-0.05, 0) is 43.0 Å². The summed E-state index contributed by atoms with van der Waals surface area (Å²) in [7, 11) is 1.94. The summed E-state index contributed by atoms with van der Waals surface area (Å²) >= 11 is 0. The molecule has 0 saturated carbocycles. The molecule has 1 aromatic carbocycles. The van der Waals surface area contributed by atoms with Crippen molar-refractivity contribution < 1.29 is 9.84 Å². The van der Waals surface area contributed by atoms with Gasteiger partial charge in [-0.2, -0.15) is 5.10 Å². The van der Waals surface area contributed by atoms with E-state index in [0.717, 1.165) is 40.2 Å². The Balaban J connectivity index is 2.16. The summed E-state index contributed by atoms with van der Waals surface area (Å²) in [6.07, 6.45) is 0.928. The molecule has 0 atom stereocenters. The van der Waals surface area contributed by atoms with Crippen molar-refractivity contribution in [1.82, 2.24) is 9.78 Å². The second kappa shape index (κ2) is 6.09. The highest BCUT2D eigenvalue weighted by atomic mass is 16.5. The van der Waals surface area contributed by atoms with Crippen LogP contribution in [0.3, 0.4) is 0 Å². The van der Waals surface area contributed by atoms with Crippen LogP contribution in [0.2, 0.25) is 0 Å². The molecular weight excluding hydrogens is 252 g/mol. The number of aromatic nitrogens is 2. The number of aryl methyl sites for hydroxylation is 4. The molecule has 0 radical (unpaired) electrons. The third kappa shape index (κ3) is 3.02. The second-order valence-corrected chi connectivity index (χ2v) is 5.11. The van der Waals surface area contributed by atoms with Gasteiger partial charge in [0.1, 0.15) is 12.4 Å². The highest BCUT2D eigenvalue weighted by Gasteiger charge is 2.09. The Labute approximate surface area is 120 Å². The molecule has 20 heavy (non-hydrogen) atoms. The van der Waals surface area contributed by atoms with Crippen LogP contribution in [0.1, 0.15) is 35.0 Å². The quantitative estimate of drug-likeness (QED) is 0.912. The molecule has 0 aliphatic rings. The van der Waals surface area contributed by atoms with Gasteiger partial charge in [0.05, 0.1) is 18.0 Å². The minimum Gasteiger partial charge on any atom is -0.487 e. The minimum absolute atomic E-state index is 0.0591. The molecule has 4 heteroatoms. The largest absolute Gasteiger partial charge is 0.487 e. The predicted molar refractivity (Wildman–Crippen MR) is 78.8 cm³/mol. The normalized spacial score (nSPS) is 10.8. The van der Waals surface area contributed by atoms with E-state index in [1.165, 1.54) is 0 Å². The Bertz CT molecular complexity index is 580. The lowest BCUT2D eigenvalue weighted by Crippen LogP contribution is -2.05. The maximum absolute atomic E-state index is 9.20. The van der Waals surface area contributed by atoms with E-state index >= 15 is 0 Å². The number of aliphatic hydroxyl groups excluding tert-OH is 1. The molecule has 1 aromatic heterocycles. The lowest BCUT2D eigenvalue weighted by molar-refractivity contribution is 0.278. The van der Waals surface area contributed by atoms with Gasteiger partial charge in [-0.15, -0.1) is 0 Å². The maximum Gasteiger partial charge on any atom is 0.130 e. The van der Waals surface area contributed by atoms with Crippen LogP contribution in [0.25, 0.3) is 0 Å². The number of hydrogen-bond acceptors (Lipinski definition) is 3. The van der Waals surface area contributed by atoms with Crippen LogP contribution < -0.4 is 4.74 Å². The smallest absolute Gasteiger partial charge is 0.130 e. The van der Waals surface area contributed by atoms with Crippen LogP contribution in [-0.4, -0.2) is 14.9 Å². The van der Waals surface area contributed by atoms with Gasteiger partial charge in [0, 0.05) is 7.05 Å². The topological polar surface area (TPSA) is 47.3 Å². The van der Waals surface area contributed by atoms with Gasteiger partial charge >= 0.3 is 0 Å². The summed E-state index contributed by atoms with van der Waals surface area (Å²) in [6, 6.07) is 6.00. The SMILES string of the molecule is CCc1cc(COc2c(C)cc(CO)cc2C)n(C)n1. The summed E-state index contributed by atoms with van der Waals surface area (Å²) in [4.78, 5) is 0. The molecule has 2 rings (SSSR count). The molecule has 0 spiro atoms. The third-order valence-electron chi connectivity index (χ3n) is 3.46. The molecule has 1 N–H and O–H groups in total. The Kier molecular flexibility index (Phi) is 4.45. The fraction of sp³-hybridized carbons (Fsp3) is 0.438. The molecule has 0 amide bonds. The zero-order chi connectivity index (χ0) is 14.7. The Hall–Kier alpha value is -1.81. The first-order valence-electron chi connectivity index (χ1n) is 6.90. The molecule has 0 fully saturated rings. The van der Waals surface area contributed by atoms with Crippen LogP contribution in [-0.2, 0) is 26.7 Å². The zero-order valence-corrected chi connectivity index (χ0v) is 12.6. The van der Waals surface area contributed by atoms with E-state index in [0.29, 0.717) is 6.61 Å². The highest BCUT2D eigenvalue weighted by molar-refractivity contribution is 5.43. The van der Waals surface area contributed by atoms with Crippen LogP contribution in [0.5, 0.6) is 5.75 Å². The van der Waals surface area contributed by atoms with Crippen molar-refractivity contribution in [2.45, 2.75) is 40.4 Å². The third-order valence-corrected chi connectivity index (χ3v) is 3.46. The number of rotatable bonds is 5. The standard InChI is InChI=1S/C16H22N2O2/c1-5-14-8-15(18(4)17-14)10-20-16-11(2)6-13(9-19)7-12(16)3/h6-8,19H,5,9-10H2,1-4H3. The van der Waals surface area contributed by atoms with Crippen molar-refractivity contribution in [1.29, 1.82) is 0 Å². The monoisotopic (exact) mass is 274 g/mol. The molecule has 2 aromatic rings. The van der Waals surface area contributed by atoms with Gasteiger partial charge in [-0.25, -0.2) is 0 Å². The first-order chi connectivity index (χ1) is 9.55. The van der Waals surface area contributed by atoms with Crippen molar-refractivity contribution in [3.05, 3.63) is 46.3 Å². The summed E-state index contributed by atoms with van der Waals surface area (Å²) < 4.78 is 7.82. The van der Waals surface area contributed by atoms with Gasteiger partial charge in [-0.1, -0.05) is 19.1 Å². The maximum atomic E-state index is 9.20. The molecule has 1 heterocycles. The molecule has 108 valence electrons. The average Bonchev–Trinajstić information content (AvgIpc) is 2.78. The highest BCUT2D eigenvalue weighted by Crippen LogP contribution is 2.25. The van der Waals surface area contributed by atoms with Crippen LogP contribution >= 0.6 is 0 Å². The van der Waals surface area contributed by atoms with Gasteiger partial charge in [-0.3, -0.25) is 4.68 Å². The van der Waals surface area contributed by atoms with E-state index in [2.05, 4.69) is 18.1 Å². The summed E-state index contributed by atoms with van der Waals surface area (Å²) in [6.45, 7) is 6.66. The number of benzene rings is 1. The lowest BCUT2D eigenvalue weighted by Gasteiger charge is -2.13. The van der Waals surface area contributed by atoms with E-state index in [1.807, 2.05) is 37.7 Å². The van der Waals surface area contributed by atoms with Crippen molar-refractivity contribution >= 4 is 0 Å². The van der Waals surface area contributed by atoms with Crippen molar-refractivity contribution in [3.8, 4) is 5.75 Å². The molecular formula is C16H22N2O2. The number of nitrogens with zero attached hydrogens (tertiary/aromatic N) is 2. The first kappa shape index (κ1) is 14.6. The van der Waals surface area contributed by atoms with Crippen LogP contribution in [0, 0.1) is 13.8 Å². The van der Waals surface area contributed by atoms with Crippen LogP contribution in [0.15, 0.2) is 18.2 Å². The fourth-order valence-corrected chi connectivity index (χ4v) is 2.38. The second-order valence-electron chi connectivity index (χ2n) is 5.11. The van der Waals surface area contributed by atoms with Crippen molar-refractivity contribution in [2.24, 2.45) is 7.05 Å². The fourth-order valence-electron chi connectivity index (χ4n) is 2.38.